The first kappa shape index (κ1) is 13.3. The lowest BCUT2D eigenvalue weighted by molar-refractivity contribution is 0.601. The van der Waals surface area contributed by atoms with Crippen LogP contribution in [-0.4, -0.2) is 18.4 Å². The highest BCUT2D eigenvalue weighted by molar-refractivity contribution is 9.10. The maximum absolute atomic E-state index is 12.0. The van der Waals surface area contributed by atoms with Crippen LogP contribution in [0, 0.1) is 0 Å². The molecule has 0 bridgehead atoms. The summed E-state index contributed by atoms with van der Waals surface area (Å²) >= 11 is 8.98. The number of hydrogen-bond donors (Lipinski definition) is 1. The van der Waals surface area contributed by atoms with Gasteiger partial charge in [0.15, 0.2) is 0 Å². The minimum Gasteiger partial charge on any atom is -0.278 e. The van der Waals surface area contributed by atoms with E-state index in [0.29, 0.717) is 10.3 Å². The highest BCUT2D eigenvalue weighted by Crippen LogP contribution is 2.22. The van der Waals surface area contributed by atoms with Crippen LogP contribution in [0.4, 0.5) is 5.69 Å². The van der Waals surface area contributed by atoms with Gasteiger partial charge in [-0.3, -0.25) is 9.71 Å². The molecular weight excluding hydrogens is 342 g/mol. The topological polar surface area (TPSA) is 72.0 Å². The Bertz CT molecular complexity index is 661. The van der Waals surface area contributed by atoms with E-state index in [1.54, 1.807) is 12.1 Å². The Labute approximate surface area is 117 Å². The monoisotopic (exact) mass is 347 g/mol. The molecule has 0 saturated carbocycles. The van der Waals surface area contributed by atoms with Crippen LogP contribution >= 0.6 is 27.5 Å². The normalized spacial score (nSPS) is 11.2. The molecule has 1 N–H and O–H groups in total. The first-order valence-electron chi connectivity index (χ1n) is 4.73. The summed E-state index contributed by atoms with van der Waals surface area (Å²) in [7, 11) is -3.76. The SMILES string of the molecule is O=S(=O)(Nc1ccc(Br)nc1)c1cnccc1Cl. The van der Waals surface area contributed by atoms with Crippen molar-refractivity contribution in [3.05, 3.63) is 46.4 Å². The predicted molar refractivity (Wildman–Crippen MR) is 72.0 cm³/mol. The number of anilines is 1. The molecule has 0 atom stereocenters. The van der Waals surface area contributed by atoms with Gasteiger partial charge >= 0.3 is 0 Å². The first-order chi connectivity index (χ1) is 8.49. The van der Waals surface area contributed by atoms with Crippen molar-refractivity contribution in [2.24, 2.45) is 0 Å². The molecular formula is C10H7BrClN3O2S. The molecule has 0 unspecified atom stereocenters. The fourth-order valence-electron chi connectivity index (χ4n) is 1.21. The average Bonchev–Trinajstić information content (AvgIpc) is 2.32. The van der Waals surface area contributed by atoms with Crippen LogP contribution in [0.15, 0.2) is 46.3 Å². The average molecular weight is 349 g/mol. The van der Waals surface area contributed by atoms with Crippen LogP contribution < -0.4 is 4.72 Å². The maximum Gasteiger partial charge on any atom is 0.264 e. The van der Waals surface area contributed by atoms with E-state index in [0.717, 1.165) is 0 Å². The molecule has 0 aliphatic heterocycles. The van der Waals surface area contributed by atoms with Gasteiger partial charge < -0.3 is 0 Å². The summed E-state index contributed by atoms with van der Waals surface area (Å²) in [5.41, 5.74) is 0.345. The Hall–Kier alpha value is -1.18. The number of rotatable bonds is 3. The van der Waals surface area contributed by atoms with Crippen molar-refractivity contribution in [2.75, 3.05) is 4.72 Å². The van der Waals surface area contributed by atoms with E-state index < -0.39 is 10.0 Å². The van der Waals surface area contributed by atoms with E-state index in [2.05, 4.69) is 30.6 Å². The molecule has 2 aromatic heterocycles. The van der Waals surface area contributed by atoms with E-state index >= 15 is 0 Å². The third-order valence-corrected chi connectivity index (χ3v) is 4.32. The number of pyridine rings is 2. The van der Waals surface area contributed by atoms with E-state index in [-0.39, 0.29) is 9.92 Å². The lowest BCUT2D eigenvalue weighted by Gasteiger charge is -2.08. The van der Waals surface area contributed by atoms with Gasteiger partial charge in [0.2, 0.25) is 0 Å². The molecule has 5 nitrogen and oxygen atoms in total. The Morgan fingerprint density at radius 2 is 2.00 bits per heavy atom. The standard InChI is InChI=1S/C10H7BrClN3O2S/c11-10-2-1-7(5-14-10)15-18(16,17)9-6-13-4-3-8(9)12/h1-6,15H. The lowest BCUT2D eigenvalue weighted by Crippen LogP contribution is -2.13. The summed E-state index contributed by atoms with van der Waals surface area (Å²) in [5.74, 6) is 0. The van der Waals surface area contributed by atoms with Crippen LogP contribution in [0.25, 0.3) is 0 Å². The van der Waals surface area contributed by atoms with Crippen LogP contribution in [0.5, 0.6) is 0 Å². The van der Waals surface area contributed by atoms with Crippen molar-refractivity contribution in [3.63, 3.8) is 0 Å². The van der Waals surface area contributed by atoms with Crippen LogP contribution in [0.2, 0.25) is 5.02 Å². The minimum atomic E-state index is -3.76. The zero-order valence-corrected chi connectivity index (χ0v) is 12.0. The Kier molecular flexibility index (Phi) is 3.84. The number of nitrogens with one attached hydrogen (secondary N) is 1. The van der Waals surface area contributed by atoms with Crippen molar-refractivity contribution < 1.29 is 8.42 Å². The van der Waals surface area contributed by atoms with E-state index in [1.165, 1.54) is 24.7 Å². The Morgan fingerprint density at radius 1 is 1.22 bits per heavy atom. The van der Waals surface area contributed by atoms with Gasteiger partial charge in [-0.2, -0.15) is 0 Å². The fourth-order valence-corrected chi connectivity index (χ4v) is 2.92. The van der Waals surface area contributed by atoms with Gasteiger partial charge in [0.25, 0.3) is 10.0 Å². The van der Waals surface area contributed by atoms with Gasteiger partial charge in [-0.15, -0.1) is 0 Å². The number of halogens is 2. The predicted octanol–water partition coefficient (Wildman–Crippen LogP) is 2.69. The highest BCUT2D eigenvalue weighted by Gasteiger charge is 2.18. The van der Waals surface area contributed by atoms with Gasteiger partial charge in [0.05, 0.1) is 16.9 Å². The van der Waals surface area contributed by atoms with Crippen molar-refractivity contribution in [1.29, 1.82) is 0 Å². The number of sulfonamides is 1. The highest BCUT2D eigenvalue weighted by atomic mass is 79.9. The molecule has 0 radical (unpaired) electrons. The maximum atomic E-state index is 12.0. The zero-order chi connectivity index (χ0) is 13.2. The van der Waals surface area contributed by atoms with Crippen molar-refractivity contribution in [2.45, 2.75) is 4.90 Å². The number of aromatic nitrogens is 2. The first-order valence-corrected chi connectivity index (χ1v) is 7.38. The molecule has 0 amide bonds. The van der Waals surface area contributed by atoms with E-state index in [9.17, 15) is 8.42 Å². The van der Waals surface area contributed by atoms with Gasteiger partial charge in [-0.05, 0) is 34.1 Å². The number of hydrogen-bond acceptors (Lipinski definition) is 4. The van der Waals surface area contributed by atoms with Gasteiger partial charge in [-0.25, -0.2) is 13.4 Å². The molecule has 0 spiro atoms. The lowest BCUT2D eigenvalue weighted by atomic mass is 10.4. The molecule has 0 aliphatic carbocycles. The largest absolute Gasteiger partial charge is 0.278 e. The van der Waals surface area contributed by atoms with E-state index in [1.807, 2.05) is 0 Å². The summed E-state index contributed by atoms with van der Waals surface area (Å²) in [5, 5.41) is 0.113. The summed E-state index contributed by atoms with van der Waals surface area (Å²) in [6.07, 6.45) is 4.01. The van der Waals surface area contributed by atoms with Gasteiger partial charge in [0, 0.05) is 12.4 Å². The van der Waals surface area contributed by atoms with E-state index in [4.69, 9.17) is 11.6 Å². The second-order valence-corrected chi connectivity index (χ2v) is 6.15. The Balaban J connectivity index is 2.33. The zero-order valence-electron chi connectivity index (χ0n) is 8.84. The quantitative estimate of drug-likeness (QED) is 0.866. The third kappa shape index (κ3) is 2.98. The molecule has 0 saturated heterocycles. The third-order valence-electron chi connectivity index (χ3n) is 2.00. The molecule has 8 heteroatoms. The second kappa shape index (κ2) is 5.21. The molecule has 94 valence electrons. The van der Waals surface area contributed by atoms with Crippen LogP contribution in [0.1, 0.15) is 0 Å². The Morgan fingerprint density at radius 3 is 2.61 bits per heavy atom. The molecule has 18 heavy (non-hydrogen) atoms. The van der Waals surface area contributed by atoms with Crippen molar-refractivity contribution >= 4 is 43.2 Å². The van der Waals surface area contributed by atoms with Gasteiger partial charge in [0.1, 0.15) is 9.50 Å². The van der Waals surface area contributed by atoms with Crippen molar-refractivity contribution in [1.82, 2.24) is 9.97 Å². The molecule has 0 aromatic carbocycles. The fraction of sp³-hybridized carbons (Fsp3) is 0. The molecule has 2 aromatic rings. The van der Waals surface area contributed by atoms with Crippen LogP contribution in [0.3, 0.4) is 0 Å². The minimum absolute atomic E-state index is 0.0745. The summed E-state index contributed by atoms with van der Waals surface area (Å²) < 4.78 is 27.0. The molecule has 0 fully saturated rings. The smallest absolute Gasteiger partial charge is 0.264 e. The van der Waals surface area contributed by atoms with Crippen molar-refractivity contribution in [3.8, 4) is 0 Å². The summed E-state index contributed by atoms with van der Waals surface area (Å²) in [4.78, 5) is 7.59. The molecule has 2 heterocycles. The molecule has 0 aliphatic rings. The summed E-state index contributed by atoms with van der Waals surface area (Å²) in [6, 6.07) is 4.62. The van der Waals surface area contributed by atoms with Gasteiger partial charge in [-0.1, -0.05) is 11.6 Å². The van der Waals surface area contributed by atoms with Crippen LogP contribution in [-0.2, 0) is 10.0 Å². The second-order valence-electron chi connectivity index (χ2n) is 3.28. The molecule has 2 rings (SSSR count). The number of nitrogens with zero attached hydrogens (tertiary/aromatic N) is 2. The summed E-state index contributed by atoms with van der Waals surface area (Å²) in [6.45, 7) is 0.